The van der Waals surface area contributed by atoms with Crippen molar-refractivity contribution in [2.24, 2.45) is 0 Å². The van der Waals surface area contributed by atoms with Crippen molar-refractivity contribution in [1.29, 1.82) is 0 Å². The van der Waals surface area contributed by atoms with Gasteiger partial charge >= 0.3 is 5.97 Å². The Morgan fingerprint density at radius 2 is 1.85 bits per heavy atom. The maximum Gasteiger partial charge on any atom is 0.335 e. The monoisotopic (exact) mass is 270 g/mol. The molecule has 0 radical (unpaired) electrons. The number of pyridine rings is 1. The topological polar surface area (TPSA) is 79.3 Å². The smallest absolute Gasteiger partial charge is 0.335 e. The van der Waals surface area contributed by atoms with Crippen molar-refractivity contribution >= 4 is 11.9 Å². The standard InChI is InChI=1S/C15H14N2O3/c18-14(9-11-4-6-16-7-5-11)17-10-12-2-1-3-13(8-12)15(19)20/h1-8H,9-10H2,(H,17,18)(H,19,20). The Kier molecular flexibility index (Phi) is 4.44. The number of hydrogen-bond acceptors (Lipinski definition) is 3. The summed E-state index contributed by atoms with van der Waals surface area (Å²) in [5.41, 5.74) is 1.86. The fourth-order valence-electron chi connectivity index (χ4n) is 1.76. The van der Waals surface area contributed by atoms with E-state index < -0.39 is 5.97 Å². The molecule has 2 aromatic rings. The lowest BCUT2D eigenvalue weighted by Gasteiger charge is -2.06. The predicted molar refractivity (Wildman–Crippen MR) is 73.2 cm³/mol. The van der Waals surface area contributed by atoms with E-state index >= 15 is 0 Å². The quantitative estimate of drug-likeness (QED) is 0.865. The molecular weight excluding hydrogens is 256 g/mol. The third-order valence-corrected chi connectivity index (χ3v) is 2.78. The zero-order valence-electron chi connectivity index (χ0n) is 10.7. The van der Waals surface area contributed by atoms with Gasteiger partial charge < -0.3 is 10.4 Å². The molecule has 0 saturated carbocycles. The van der Waals surface area contributed by atoms with Gasteiger partial charge in [-0.3, -0.25) is 9.78 Å². The van der Waals surface area contributed by atoms with Crippen molar-refractivity contribution in [3.05, 3.63) is 65.5 Å². The lowest BCUT2D eigenvalue weighted by molar-refractivity contribution is -0.120. The minimum absolute atomic E-state index is 0.114. The van der Waals surface area contributed by atoms with E-state index in [1.807, 2.05) is 0 Å². The summed E-state index contributed by atoms with van der Waals surface area (Å²) in [6.07, 6.45) is 3.55. The minimum Gasteiger partial charge on any atom is -0.478 e. The summed E-state index contributed by atoms with van der Waals surface area (Å²) in [7, 11) is 0. The summed E-state index contributed by atoms with van der Waals surface area (Å²) in [5, 5.41) is 11.6. The number of carbonyl (C=O) groups excluding carboxylic acids is 1. The molecule has 0 unspecified atom stereocenters. The Bertz CT molecular complexity index is 612. The van der Waals surface area contributed by atoms with Crippen molar-refractivity contribution in [1.82, 2.24) is 10.3 Å². The van der Waals surface area contributed by atoms with Gasteiger partial charge in [-0.25, -0.2) is 4.79 Å². The summed E-state index contributed by atoms with van der Waals surface area (Å²) in [6.45, 7) is 0.311. The van der Waals surface area contributed by atoms with Crippen LogP contribution in [0, 0.1) is 0 Å². The van der Waals surface area contributed by atoms with Crippen LogP contribution in [0.15, 0.2) is 48.8 Å². The van der Waals surface area contributed by atoms with Crippen LogP contribution in [0.2, 0.25) is 0 Å². The molecule has 0 fully saturated rings. The number of nitrogens with zero attached hydrogens (tertiary/aromatic N) is 1. The van der Waals surface area contributed by atoms with E-state index in [2.05, 4.69) is 10.3 Å². The van der Waals surface area contributed by atoms with Gasteiger partial charge in [0.2, 0.25) is 5.91 Å². The average molecular weight is 270 g/mol. The minimum atomic E-state index is -0.977. The van der Waals surface area contributed by atoms with Gasteiger partial charge in [0.1, 0.15) is 0 Å². The maximum atomic E-state index is 11.8. The van der Waals surface area contributed by atoms with Crippen LogP contribution in [0.5, 0.6) is 0 Å². The molecule has 0 spiro atoms. The number of carboxylic acids is 1. The summed E-state index contributed by atoms with van der Waals surface area (Å²) in [5.74, 6) is -1.09. The molecule has 0 aliphatic rings. The molecule has 1 amide bonds. The van der Waals surface area contributed by atoms with Crippen LogP contribution >= 0.6 is 0 Å². The molecule has 1 aromatic carbocycles. The second-order valence-electron chi connectivity index (χ2n) is 4.31. The highest BCUT2D eigenvalue weighted by molar-refractivity contribution is 5.87. The fourth-order valence-corrected chi connectivity index (χ4v) is 1.76. The third-order valence-electron chi connectivity index (χ3n) is 2.78. The fraction of sp³-hybridized carbons (Fsp3) is 0.133. The summed E-state index contributed by atoms with van der Waals surface area (Å²) >= 11 is 0. The summed E-state index contributed by atoms with van der Waals surface area (Å²) < 4.78 is 0. The first-order valence-corrected chi connectivity index (χ1v) is 6.13. The van der Waals surface area contributed by atoms with Gasteiger partial charge in [0.05, 0.1) is 12.0 Å². The number of carboxylic acid groups (broad SMARTS) is 1. The number of benzene rings is 1. The number of rotatable bonds is 5. The molecule has 2 rings (SSSR count). The van der Waals surface area contributed by atoms with E-state index in [1.54, 1.807) is 42.7 Å². The van der Waals surface area contributed by atoms with Crippen LogP contribution < -0.4 is 5.32 Å². The van der Waals surface area contributed by atoms with Crippen molar-refractivity contribution in [3.8, 4) is 0 Å². The Morgan fingerprint density at radius 1 is 1.10 bits per heavy atom. The van der Waals surface area contributed by atoms with E-state index in [1.165, 1.54) is 6.07 Å². The number of aromatic carboxylic acids is 1. The Hall–Kier alpha value is -2.69. The largest absolute Gasteiger partial charge is 0.478 e. The van der Waals surface area contributed by atoms with E-state index in [-0.39, 0.29) is 17.9 Å². The van der Waals surface area contributed by atoms with Crippen molar-refractivity contribution < 1.29 is 14.7 Å². The first-order chi connectivity index (χ1) is 9.65. The molecule has 5 nitrogen and oxygen atoms in total. The zero-order chi connectivity index (χ0) is 14.4. The number of nitrogens with one attached hydrogen (secondary N) is 1. The normalized spacial score (nSPS) is 10.0. The molecule has 2 N–H and O–H groups in total. The molecule has 0 saturated heterocycles. The molecule has 1 heterocycles. The van der Waals surface area contributed by atoms with Crippen LogP contribution in [0.1, 0.15) is 21.5 Å². The number of amides is 1. The second-order valence-corrected chi connectivity index (χ2v) is 4.31. The maximum absolute atomic E-state index is 11.8. The van der Waals surface area contributed by atoms with Crippen LogP contribution in [0.4, 0.5) is 0 Å². The first-order valence-electron chi connectivity index (χ1n) is 6.13. The zero-order valence-corrected chi connectivity index (χ0v) is 10.7. The highest BCUT2D eigenvalue weighted by Crippen LogP contribution is 2.05. The lowest BCUT2D eigenvalue weighted by Crippen LogP contribution is -2.24. The van der Waals surface area contributed by atoms with E-state index in [0.29, 0.717) is 6.54 Å². The Balaban J connectivity index is 1.90. The lowest BCUT2D eigenvalue weighted by atomic mass is 10.1. The van der Waals surface area contributed by atoms with E-state index in [9.17, 15) is 9.59 Å². The molecule has 5 heteroatoms. The SMILES string of the molecule is O=C(Cc1ccncc1)NCc1cccc(C(=O)O)c1. The summed E-state index contributed by atoms with van der Waals surface area (Å²) in [4.78, 5) is 26.5. The van der Waals surface area contributed by atoms with Gasteiger partial charge in [0.25, 0.3) is 0 Å². The Morgan fingerprint density at radius 3 is 2.55 bits per heavy atom. The molecule has 0 aliphatic heterocycles. The van der Waals surface area contributed by atoms with Gasteiger partial charge in [-0.2, -0.15) is 0 Å². The number of hydrogen-bond donors (Lipinski definition) is 2. The molecule has 102 valence electrons. The predicted octanol–water partition coefficient (Wildman–Crippen LogP) is 1.64. The molecule has 0 aliphatic carbocycles. The average Bonchev–Trinajstić information content (AvgIpc) is 2.46. The third kappa shape index (κ3) is 3.91. The van der Waals surface area contributed by atoms with Crippen molar-refractivity contribution in [3.63, 3.8) is 0 Å². The molecule has 0 bridgehead atoms. The van der Waals surface area contributed by atoms with Gasteiger partial charge in [-0.05, 0) is 35.4 Å². The second kappa shape index (κ2) is 6.47. The molecule has 1 aromatic heterocycles. The van der Waals surface area contributed by atoms with Gasteiger partial charge in [-0.1, -0.05) is 12.1 Å². The Labute approximate surface area is 116 Å². The van der Waals surface area contributed by atoms with Crippen molar-refractivity contribution in [2.75, 3.05) is 0 Å². The van der Waals surface area contributed by atoms with E-state index in [4.69, 9.17) is 5.11 Å². The molecule has 0 atom stereocenters. The first kappa shape index (κ1) is 13.7. The highest BCUT2D eigenvalue weighted by Gasteiger charge is 2.05. The van der Waals surface area contributed by atoms with Crippen LogP contribution in [0.3, 0.4) is 0 Å². The van der Waals surface area contributed by atoms with Gasteiger partial charge in [0.15, 0.2) is 0 Å². The van der Waals surface area contributed by atoms with E-state index in [0.717, 1.165) is 11.1 Å². The number of carbonyl (C=O) groups is 2. The van der Waals surface area contributed by atoms with Crippen LogP contribution in [-0.4, -0.2) is 22.0 Å². The van der Waals surface area contributed by atoms with Gasteiger partial charge in [-0.15, -0.1) is 0 Å². The molecular formula is C15H14N2O3. The van der Waals surface area contributed by atoms with Crippen molar-refractivity contribution in [2.45, 2.75) is 13.0 Å². The van der Waals surface area contributed by atoms with Crippen LogP contribution in [0.25, 0.3) is 0 Å². The highest BCUT2D eigenvalue weighted by atomic mass is 16.4. The summed E-state index contributed by atoms with van der Waals surface area (Å²) in [6, 6.07) is 10.1. The van der Waals surface area contributed by atoms with Crippen LogP contribution in [-0.2, 0) is 17.8 Å². The van der Waals surface area contributed by atoms with Gasteiger partial charge in [0, 0.05) is 18.9 Å². The number of aromatic nitrogens is 1. The molecule has 20 heavy (non-hydrogen) atoms.